The number of anilines is 1. The van der Waals surface area contributed by atoms with Gasteiger partial charge in [0.2, 0.25) is 5.91 Å². The number of hydrogen-bond acceptors (Lipinski definition) is 5. The van der Waals surface area contributed by atoms with E-state index in [1.165, 1.54) is 46.0 Å². The van der Waals surface area contributed by atoms with Crippen molar-refractivity contribution in [3.05, 3.63) is 82.1 Å². The number of rotatable bonds is 7. The van der Waals surface area contributed by atoms with Gasteiger partial charge < -0.3 is 5.32 Å². The molecule has 0 aliphatic carbocycles. The Morgan fingerprint density at radius 1 is 1.07 bits per heavy atom. The van der Waals surface area contributed by atoms with Crippen LogP contribution >= 0.6 is 11.3 Å². The molecule has 0 fully saturated rings. The zero-order valence-corrected chi connectivity index (χ0v) is 17.3. The minimum absolute atomic E-state index is 0.0700. The van der Waals surface area contributed by atoms with Gasteiger partial charge in [-0.15, -0.1) is 11.3 Å². The van der Waals surface area contributed by atoms with Gasteiger partial charge in [0.1, 0.15) is 5.82 Å². The highest BCUT2D eigenvalue weighted by atomic mass is 32.1. The third-order valence-electron chi connectivity index (χ3n) is 5.05. The Morgan fingerprint density at radius 3 is 2.60 bits per heavy atom. The number of Topliss-reactive ketones (excluding diaryl/α,β-unsaturated/α-hetero) is 1. The van der Waals surface area contributed by atoms with Crippen LogP contribution in [-0.4, -0.2) is 28.1 Å². The van der Waals surface area contributed by atoms with Crippen LogP contribution in [0.15, 0.2) is 54.6 Å². The van der Waals surface area contributed by atoms with Crippen molar-refractivity contribution in [1.29, 1.82) is 0 Å². The molecule has 2 heterocycles. The lowest BCUT2D eigenvalue weighted by molar-refractivity contribution is -0.116. The van der Waals surface area contributed by atoms with Crippen molar-refractivity contribution in [3.63, 3.8) is 0 Å². The highest BCUT2D eigenvalue weighted by Gasteiger charge is 2.21. The van der Waals surface area contributed by atoms with Crippen molar-refractivity contribution in [2.24, 2.45) is 0 Å². The first-order valence-electron chi connectivity index (χ1n) is 9.90. The van der Waals surface area contributed by atoms with E-state index in [-0.39, 0.29) is 30.3 Å². The van der Waals surface area contributed by atoms with Crippen molar-refractivity contribution in [1.82, 2.24) is 9.88 Å². The zero-order valence-electron chi connectivity index (χ0n) is 16.4. The van der Waals surface area contributed by atoms with Crippen LogP contribution < -0.4 is 5.32 Å². The molecule has 30 heavy (non-hydrogen) atoms. The van der Waals surface area contributed by atoms with Crippen molar-refractivity contribution in [3.8, 4) is 0 Å². The second kappa shape index (κ2) is 9.28. The number of carbonyl (C=O) groups excluding carboxylic acids is 2. The second-order valence-electron chi connectivity index (χ2n) is 7.31. The van der Waals surface area contributed by atoms with Crippen LogP contribution in [0, 0.1) is 5.82 Å². The van der Waals surface area contributed by atoms with Gasteiger partial charge >= 0.3 is 0 Å². The predicted molar refractivity (Wildman–Crippen MR) is 115 cm³/mol. The monoisotopic (exact) mass is 423 g/mol. The molecule has 0 radical (unpaired) electrons. The fourth-order valence-electron chi connectivity index (χ4n) is 3.47. The van der Waals surface area contributed by atoms with E-state index < -0.39 is 0 Å². The van der Waals surface area contributed by atoms with E-state index >= 15 is 0 Å². The largest absolute Gasteiger partial charge is 0.302 e. The molecule has 2 aromatic carbocycles. The number of amides is 1. The average Bonchev–Trinajstić information content (AvgIpc) is 3.14. The van der Waals surface area contributed by atoms with Gasteiger partial charge in [0, 0.05) is 49.3 Å². The summed E-state index contributed by atoms with van der Waals surface area (Å²) in [7, 11) is 0. The van der Waals surface area contributed by atoms with E-state index in [4.69, 9.17) is 0 Å². The Morgan fingerprint density at radius 2 is 1.83 bits per heavy atom. The summed E-state index contributed by atoms with van der Waals surface area (Å²) < 4.78 is 13.0. The standard InChI is InChI=1S/C23H22FN3O2S/c24-18-8-6-17(7-9-18)20(28)10-11-22(29)26-23-25-19-12-13-27(15-21(19)30-23)14-16-4-2-1-3-5-16/h1-9H,10-15H2,(H,25,26,29). The Labute approximate surface area is 178 Å². The van der Waals surface area contributed by atoms with Gasteiger partial charge in [0.15, 0.2) is 10.9 Å². The first-order chi connectivity index (χ1) is 14.6. The molecule has 1 aromatic heterocycles. The summed E-state index contributed by atoms with van der Waals surface area (Å²) in [5.74, 6) is -0.808. The second-order valence-corrected chi connectivity index (χ2v) is 8.40. The van der Waals surface area contributed by atoms with E-state index in [1.54, 1.807) is 0 Å². The number of hydrogen-bond donors (Lipinski definition) is 1. The van der Waals surface area contributed by atoms with E-state index in [2.05, 4.69) is 27.3 Å². The first kappa shape index (κ1) is 20.4. The molecule has 0 atom stereocenters. The molecule has 3 aromatic rings. The molecular weight excluding hydrogens is 401 g/mol. The van der Waals surface area contributed by atoms with Gasteiger partial charge in [-0.05, 0) is 29.8 Å². The zero-order chi connectivity index (χ0) is 20.9. The van der Waals surface area contributed by atoms with E-state index in [1.807, 2.05) is 18.2 Å². The molecule has 154 valence electrons. The van der Waals surface area contributed by atoms with Crippen LogP contribution in [0.25, 0.3) is 0 Å². The molecule has 4 rings (SSSR count). The summed E-state index contributed by atoms with van der Waals surface area (Å²) in [6.45, 7) is 2.65. The van der Waals surface area contributed by atoms with Crippen LogP contribution in [0.5, 0.6) is 0 Å². The van der Waals surface area contributed by atoms with Gasteiger partial charge in [0.05, 0.1) is 5.69 Å². The lowest BCUT2D eigenvalue weighted by Crippen LogP contribution is -2.29. The van der Waals surface area contributed by atoms with E-state index in [9.17, 15) is 14.0 Å². The van der Waals surface area contributed by atoms with E-state index in [0.717, 1.165) is 31.7 Å². The maximum atomic E-state index is 13.0. The van der Waals surface area contributed by atoms with Gasteiger partial charge in [0.25, 0.3) is 0 Å². The number of carbonyl (C=O) groups is 2. The van der Waals surface area contributed by atoms with E-state index in [0.29, 0.717) is 10.7 Å². The minimum atomic E-state index is -0.389. The summed E-state index contributed by atoms with van der Waals surface area (Å²) in [5.41, 5.74) is 2.74. The topological polar surface area (TPSA) is 62.3 Å². The number of benzene rings is 2. The minimum Gasteiger partial charge on any atom is -0.302 e. The fourth-order valence-corrected chi connectivity index (χ4v) is 4.53. The Balaban J connectivity index is 1.29. The number of aromatic nitrogens is 1. The van der Waals surface area contributed by atoms with Crippen molar-refractivity contribution >= 4 is 28.2 Å². The molecular formula is C23H22FN3O2S. The van der Waals surface area contributed by atoms with Crippen molar-refractivity contribution in [2.75, 3.05) is 11.9 Å². The average molecular weight is 424 g/mol. The molecule has 1 aliphatic rings. The highest BCUT2D eigenvalue weighted by Crippen LogP contribution is 2.29. The first-order valence-corrected chi connectivity index (χ1v) is 10.7. The number of halogens is 1. The van der Waals surface area contributed by atoms with Crippen LogP contribution in [-0.2, 0) is 24.3 Å². The van der Waals surface area contributed by atoms with Gasteiger partial charge in [-0.2, -0.15) is 0 Å². The molecule has 0 unspecified atom stereocenters. The number of nitrogens with zero attached hydrogens (tertiary/aromatic N) is 2. The molecule has 0 spiro atoms. The predicted octanol–water partition coefficient (Wildman–Crippen LogP) is 4.44. The number of thiazole rings is 1. The highest BCUT2D eigenvalue weighted by molar-refractivity contribution is 7.15. The van der Waals surface area contributed by atoms with Crippen LogP contribution in [0.4, 0.5) is 9.52 Å². The smallest absolute Gasteiger partial charge is 0.226 e. The Bertz CT molecular complexity index is 1030. The molecule has 1 N–H and O–H groups in total. The maximum Gasteiger partial charge on any atom is 0.226 e. The quantitative estimate of drug-likeness (QED) is 0.571. The Hall–Kier alpha value is -2.90. The van der Waals surface area contributed by atoms with Crippen LogP contribution in [0.3, 0.4) is 0 Å². The maximum absolute atomic E-state index is 13.0. The summed E-state index contributed by atoms with van der Waals surface area (Å²) in [6, 6.07) is 15.7. The summed E-state index contributed by atoms with van der Waals surface area (Å²) in [5, 5.41) is 3.40. The molecule has 0 bridgehead atoms. The van der Waals surface area contributed by atoms with Gasteiger partial charge in [-0.25, -0.2) is 9.37 Å². The summed E-state index contributed by atoms with van der Waals surface area (Å²) in [6.07, 6.45) is 1.01. The van der Waals surface area contributed by atoms with Crippen LogP contribution in [0.1, 0.15) is 39.3 Å². The lowest BCUT2D eigenvalue weighted by atomic mass is 10.1. The normalized spacial score (nSPS) is 13.6. The third-order valence-corrected chi connectivity index (χ3v) is 6.05. The molecule has 1 amide bonds. The van der Waals surface area contributed by atoms with Crippen LogP contribution in [0.2, 0.25) is 0 Å². The molecule has 7 heteroatoms. The summed E-state index contributed by atoms with van der Waals surface area (Å²) in [4.78, 5) is 32.5. The number of fused-ring (bicyclic) bond motifs is 1. The Kier molecular flexibility index (Phi) is 6.30. The summed E-state index contributed by atoms with van der Waals surface area (Å²) >= 11 is 1.50. The van der Waals surface area contributed by atoms with Gasteiger partial charge in [-0.3, -0.25) is 14.5 Å². The number of ketones is 1. The third kappa shape index (κ3) is 5.17. The van der Waals surface area contributed by atoms with Crippen molar-refractivity contribution in [2.45, 2.75) is 32.4 Å². The molecule has 5 nitrogen and oxygen atoms in total. The number of nitrogens with one attached hydrogen (secondary N) is 1. The van der Waals surface area contributed by atoms with Crippen molar-refractivity contribution < 1.29 is 14.0 Å². The molecule has 1 aliphatic heterocycles. The lowest BCUT2D eigenvalue weighted by Gasteiger charge is -2.25. The molecule has 0 saturated heterocycles. The van der Waals surface area contributed by atoms with Gasteiger partial charge in [-0.1, -0.05) is 30.3 Å². The fraction of sp³-hybridized carbons (Fsp3) is 0.261. The molecule has 0 saturated carbocycles. The SMILES string of the molecule is O=C(CCC(=O)c1ccc(F)cc1)Nc1nc2c(s1)CN(Cc1ccccc1)CC2.